The van der Waals surface area contributed by atoms with Crippen LogP contribution in [0.15, 0.2) is 0 Å². The number of nitrogens with one attached hydrogen (secondary N) is 1. The van der Waals surface area contributed by atoms with Crippen LogP contribution in [0.5, 0.6) is 0 Å². The van der Waals surface area contributed by atoms with Crippen molar-refractivity contribution in [2.75, 3.05) is 39.8 Å². The minimum absolute atomic E-state index is 0.0276. The minimum atomic E-state index is -0.0276. The van der Waals surface area contributed by atoms with E-state index in [4.69, 9.17) is 5.73 Å². The second-order valence-electron chi connectivity index (χ2n) is 5.29. The van der Waals surface area contributed by atoms with E-state index in [-0.39, 0.29) is 12.5 Å². The Morgan fingerprint density at radius 1 is 1.29 bits per heavy atom. The molecule has 3 N–H and O–H groups in total. The van der Waals surface area contributed by atoms with E-state index in [9.17, 15) is 4.79 Å². The van der Waals surface area contributed by atoms with E-state index in [0.717, 1.165) is 19.5 Å². The van der Waals surface area contributed by atoms with Gasteiger partial charge in [0.25, 0.3) is 0 Å². The molecule has 2 rings (SSSR count). The van der Waals surface area contributed by atoms with Crippen molar-refractivity contribution in [3.63, 3.8) is 0 Å². The second kappa shape index (κ2) is 5.80. The highest BCUT2D eigenvalue weighted by molar-refractivity contribution is 5.78. The summed E-state index contributed by atoms with van der Waals surface area (Å²) < 4.78 is 0. The van der Waals surface area contributed by atoms with Crippen molar-refractivity contribution in [3.8, 4) is 0 Å². The third-order valence-corrected chi connectivity index (χ3v) is 3.97. The minimum Gasteiger partial charge on any atom is -0.351 e. The van der Waals surface area contributed by atoms with Gasteiger partial charge in [-0.05, 0) is 39.4 Å². The molecular weight excluding hydrogens is 216 g/mol. The first kappa shape index (κ1) is 12.8. The number of piperidine rings is 1. The average molecular weight is 240 g/mol. The SMILES string of the molecule is CN1CCC(N2CCC(NC(=O)CN)C2)CC1. The summed E-state index contributed by atoms with van der Waals surface area (Å²) in [6, 6.07) is 1.02. The predicted octanol–water partition coefficient (Wildman–Crippen LogP) is -0.770. The molecule has 1 unspecified atom stereocenters. The quantitative estimate of drug-likeness (QED) is 0.680. The Morgan fingerprint density at radius 3 is 2.65 bits per heavy atom. The Balaban J connectivity index is 1.75. The monoisotopic (exact) mass is 240 g/mol. The maximum absolute atomic E-state index is 11.2. The van der Waals surface area contributed by atoms with Crippen LogP contribution < -0.4 is 11.1 Å². The van der Waals surface area contributed by atoms with E-state index in [2.05, 4.69) is 22.2 Å². The molecule has 0 spiro atoms. The van der Waals surface area contributed by atoms with Gasteiger partial charge in [0.2, 0.25) is 5.91 Å². The molecule has 17 heavy (non-hydrogen) atoms. The number of carbonyl (C=O) groups is 1. The van der Waals surface area contributed by atoms with Crippen LogP contribution in [0, 0.1) is 0 Å². The van der Waals surface area contributed by atoms with E-state index in [1.54, 1.807) is 0 Å². The molecule has 2 saturated heterocycles. The Morgan fingerprint density at radius 2 is 2.00 bits per heavy atom. The lowest BCUT2D eigenvalue weighted by Crippen LogP contribution is -2.45. The summed E-state index contributed by atoms with van der Waals surface area (Å²) in [5.41, 5.74) is 5.31. The van der Waals surface area contributed by atoms with Crippen LogP contribution >= 0.6 is 0 Å². The molecule has 0 saturated carbocycles. The van der Waals surface area contributed by atoms with Gasteiger partial charge in [-0.25, -0.2) is 0 Å². The highest BCUT2D eigenvalue weighted by Gasteiger charge is 2.30. The third kappa shape index (κ3) is 3.40. The van der Waals surface area contributed by atoms with E-state index in [1.165, 1.54) is 25.9 Å². The molecule has 0 aromatic carbocycles. The second-order valence-corrected chi connectivity index (χ2v) is 5.29. The molecule has 1 atom stereocenters. The molecule has 2 aliphatic heterocycles. The van der Waals surface area contributed by atoms with Crippen LogP contribution in [-0.2, 0) is 4.79 Å². The summed E-state index contributed by atoms with van der Waals surface area (Å²) in [7, 11) is 2.18. The first-order valence-corrected chi connectivity index (χ1v) is 6.61. The van der Waals surface area contributed by atoms with E-state index >= 15 is 0 Å². The number of carbonyl (C=O) groups excluding carboxylic acids is 1. The van der Waals surface area contributed by atoms with E-state index in [0.29, 0.717) is 12.1 Å². The van der Waals surface area contributed by atoms with Crippen molar-refractivity contribution in [3.05, 3.63) is 0 Å². The molecule has 0 bridgehead atoms. The Bertz CT molecular complexity index is 263. The fourth-order valence-corrected chi connectivity index (χ4v) is 2.88. The van der Waals surface area contributed by atoms with Crippen molar-refractivity contribution in [1.29, 1.82) is 0 Å². The Kier molecular flexibility index (Phi) is 4.36. The van der Waals surface area contributed by atoms with Crippen LogP contribution in [-0.4, -0.2) is 67.6 Å². The molecule has 2 fully saturated rings. The van der Waals surface area contributed by atoms with Crippen molar-refractivity contribution >= 4 is 5.91 Å². The number of nitrogens with zero attached hydrogens (tertiary/aromatic N) is 2. The predicted molar refractivity (Wildman–Crippen MR) is 67.7 cm³/mol. The topological polar surface area (TPSA) is 61.6 Å². The van der Waals surface area contributed by atoms with E-state index in [1.807, 2.05) is 0 Å². The van der Waals surface area contributed by atoms with Gasteiger partial charge in [0.1, 0.15) is 0 Å². The number of rotatable bonds is 3. The molecule has 0 aromatic heterocycles. The molecular formula is C12H24N4O. The van der Waals surface area contributed by atoms with Gasteiger partial charge >= 0.3 is 0 Å². The van der Waals surface area contributed by atoms with Crippen molar-refractivity contribution < 1.29 is 4.79 Å². The Labute approximate surface area is 103 Å². The summed E-state index contributed by atoms with van der Waals surface area (Å²) in [6.45, 7) is 4.61. The average Bonchev–Trinajstić information content (AvgIpc) is 2.78. The van der Waals surface area contributed by atoms with Crippen molar-refractivity contribution in [2.45, 2.75) is 31.3 Å². The largest absolute Gasteiger partial charge is 0.351 e. The van der Waals surface area contributed by atoms with Gasteiger partial charge in [-0.3, -0.25) is 9.69 Å². The summed E-state index contributed by atoms with van der Waals surface area (Å²) >= 11 is 0. The van der Waals surface area contributed by atoms with Gasteiger partial charge < -0.3 is 16.0 Å². The number of amides is 1. The van der Waals surface area contributed by atoms with Crippen LogP contribution in [0.2, 0.25) is 0 Å². The molecule has 1 amide bonds. The zero-order chi connectivity index (χ0) is 12.3. The fourth-order valence-electron chi connectivity index (χ4n) is 2.88. The standard InChI is InChI=1S/C12H24N4O/c1-15-5-3-11(4-6-15)16-7-2-10(9-16)14-12(17)8-13/h10-11H,2-9,13H2,1H3,(H,14,17). The maximum Gasteiger partial charge on any atom is 0.233 e. The van der Waals surface area contributed by atoms with Crippen LogP contribution in [0.1, 0.15) is 19.3 Å². The lowest BCUT2D eigenvalue weighted by Gasteiger charge is -2.35. The third-order valence-electron chi connectivity index (χ3n) is 3.97. The maximum atomic E-state index is 11.2. The molecule has 5 heteroatoms. The van der Waals surface area contributed by atoms with Gasteiger partial charge in [0.05, 0.1) is 6.54 Å². The molecule has 2 heterocycles. The molecule has 98 valence electrons. The van der Waals surface area contributed by atoms with E-state index < -0.39 is 0 Å². The fraction of sp³-hybridized carbons (Fsp3) is 0.917. The van der Waals surface area contributed by atoms with Gasteiger partial charge in [0, 0.05) is 25.2 Å². The Hall–Kier alpha value is -0.650. The van der Waals surface area contributed by atoms with Crippen molar-refractivity contribution in [2.24, 2.45) is 5.73 Å². The zero-order valence-electron chi connectivity index (χ0n) is 10.7. The normalized spacial score (nSPS) is 28.5. The first-order chi connectivity index (χ1) is 8.19. The smallest absolute Gasteiger partial charge is 0.233 e. The summed E-state index contributed by atoms with van der Waals surface area (Å²) in [5.74, 6) is -0.0276. The molecule has 2 aliphatic rings. The lowest BCUT2D eigenvalue weighted by atomic mass is 10.0. The van der Waals surface area contributed by atoms with Crippen LogP contribution in [0.4, 0.5) is 0 Å². The summed E-state index contributed by atoms with van der Waals surface area (Å²) in [5, 5.41) is 2.99. The van der Waals surface area contributed by atoms with Gasteiger partial charge in [0.15, 0.2) is 0 Å². The highest BCUT2D eigenvalue weighted by atomic mass is 16.1. The van der Waals surface area contributed by atoms with Gasteiger partial charge in [-0.15, -0.1) is 0 Å². The highest BCUT2D eigenvalue weighted by Crippen LogP contribution is 2.20. The first-order valence-electron chi connectivity index (χ1n) is 6.61. The zero-order valence-corrected chi connectivity index (χ0v) is 10.7. The number of hydrogen-bond donors (Lipinski definition) is 2. The van der Waals surface area contributed by atoms with Crippen molar-refractivity contribution in [1.82, 2.24) is 15.1 Å². The number of hydrogen-bond acceptors (Lipinski definition) is 4. The van der Waals surface area contributed by atoms with Crippen LogP contribution in [0.25, 0.3) is 0 Å². The number of nitrogens with two attached hydrogens (primary N) is 1. The summed E-state index contributed by atoms with van der Waals surface area (Å²) in [6.07, 6.45) is 3.58. The molecule has 0 radical (unpaired) electrons. The number of likely N-dealkylation sites (tertiary alicyclic amines) is 2. The van der Waals surface area contributed by atoms with Gasteiger partial charge in [-0.2, -0.15) is 0 Å². The molecule has 0 aliphatic carbocycles. The molecule has 0 aromatic rings. The van der Waals surface area contributed by atoms with Crippen LogP contribution in [0.3, 0.4) is 0 Å². The molecule has 5 nitrogen and oxygen atoms in total. The van der Waals surface area contributed by atoms with Gasteiger partial charge in [-0.1, -0.05) is 0 Å². The lowest BCUT2D eigenvalue weighted by molar-refractivity contribution is -0.120. The summed E-state index contributed by atoms with van der Waals surface area (Å²) in [4.78, 5) is 16.2.